The van der Waals surface area contributed by atoms with Crippen LogP contribution in [0.4, 0.5) is 5.82 Å². The summed E-state index contributed by atoms with van der Waals surface area (Å²) in [5.41, 5.74) is 6.64. The first-order chi connectivity index (χ1) is 7.81. The van der Waals surface area contributed by atoms with Gasteiger partial charge in [-0.15, -0.1) is 5.10 Å². The van der Waals surface area contributed by atoms with Gasteiger partial charge in [0.2, 0.25) is 0 Å². The fourth-order valence-corrected chi connectivity index (χ4v) is 1.90. The van der Waals surface area contributed by atoms with Crippen LogP contribution in [0.5, 0.6) is 0 Å². The second-order valence-electron chi connectivity index (χ2n) is 4.51. The lowest BCUT2D eigenvalue weighted by Gasteiger charge is -2.24. The Bertz CT molecular complexity index is 318. The van der Waals surface area contributed by atoms with Crippen LogP contribution in [0.1, 0.15) is 37.3 Å². The molecule has 1 aromatic rings. The summed E-state index contributed by atoms with van der Waals surface area (Å²) in [7, 11) is 2.03. The van der Waals surface area contributed by atoms with Crippen LogP contribution in [0.15, 0.2) is 12.1 Å². The van der Waals surface area contributed by atoms with E-state index in [0.717, 1.165) is 31.0 Å². The Morgan fingerprint density at radius 1 is 1.38 bits per heavy atom. The highest BCUT2D eigenvalue weighted by molar-refractivity contribution is 5.36. The van der Waals surface area contributed by atoms with Crippen molar-refractivity contribution in [2.45, 2.75) is 31.6 Å². The standard InChI is InChI=1S/C12H20N4/c1-16(9-3-8-13)12-7-6-11(14-15-12)10-4-2-5-10/h6-7,10H,2-5,8-9,13H2,1H3. The van der Waals surface area contributed by atoms with Crippen molar-refractivity contribution in [3.05, 3.63) is 17.8 Å². The first-order valence-electron chi connectivity index (χ1n) is 6.06. The van der Waals surface area contributed by atoms with E-state index >= 15 is 0 Å². The van der Waals surface area contributed by atoms with E-state index in [9.17, 15) is 0 Å². The maximum Gasteiger partial charge on any atom is 0.150 e. The van der Waals surface area contributed by atoms with Crippen molar-refractivity contribution in [3.63, 3.8) is 0 Å². The van der Waals surface area contributed by atoms with Crippen LogP contribution in [0.25, 0.3) is 0 Å². The fraction of sp³-hybridized carbons (Fsp3) is 0.667. The molecule has 4 heteroatoms. The van der Waals surface area contributed by atoms with Gasteiger partial charge >= 0.3 is 0 Å². The quantitative estimate of drug-likeness (QED) is 0.817. The Kier molecular flexibility index (Phi) is 3.72. The molecule has 0 aliphatic heterocycles. The smallest absolute Gasteiger partial charge is 0.150 e. The van der Waals surface area contributed by atoms with Crippen molar-refractivity contribution < 1.29 is 0 Å². The molecule has 0 aromatic carbocycles. The van der Waals surface area contributed by atoms with Gasteiger partial charge in [-0.1, -0.05) is 6.42 Å². The molecule has 0 unspecified atom stereocenters. The van der Waals surface area contributed by atoms with Gasteiger partial charge in [0.15, 0.2) is 5.82 Å². The topological polar surface area (TPSA) is 55.0 Å². The van der Waals surface area contributed by atoms with Gasteiger partial charge in [-0.3, -0.25) is 0 Å². The van der Waals surface area contributed by atoms with Crippen molar-refractivity contribution in [3.8, 4) is 0 Å². The van der Waals surface area contributed by atoms with Gasteiger partial charge in [0.25, 0.3) is 0 Å². The third kappa shape index (κ3) is 2.50. The predicted molar refractivity (Wildman–Crippen MR) is 65.6 cm³/mol. The van der Waals surface area contributed by atoms with Crippen LogP contribution in [0.2, 0.25) is 0 Å². The highest BCUT2D eigenvalue weighted by Gasteiger charge is 2.21. The van der Waals surface area contributed by atoms with Gasteiger partial charge in [-0.25, -0.2) is 0 Å². The van der Waals surface area contributed by atoms with Crippen LogP contribution in [-0.4, -0.2) is 30.3 Å². The van der Waals surface area contributed by atoms with E-state index in [1.807, 2.05) is 7.05 Å². The first kappa shape index (κ1) is 11.3. The zero-order chi connectivity index (χ0) is 11.4. The summed E-state index contributed by atoms with van der Waals surface area (Å²) in [5, 5.41) is 8.58. The molecule has 0 saturated heterocycles. The van der Waals surface area contributed by atoms with Gasteiger partial charge in [0, 0.05) is 19.5 Å². The molecule has 0 radical (unpaired) electrons. The van der Waals surface area contributed by atoms with E-state index < -0.39 is 0 Å². The maximum atomic E-state index is 5.48. The van der Waals surface area contributed by atoms with Gasteiger partial charge in [0.1, 0.15) is 0 Å². The van der Waals surface area contributed by atoms with Gasteiger partial charge in [-0.2, -0.15) is 5.10 Å². The predicted octanol–water partition coefficient (Wildman–Crippen LogP) is 1.53. The Hall–Kier alpha value is -1.16. The number of nitrogens with two attached hydrogens (primary N) is 1. The average Bonchev–Trinajstić information content (AvgIpc) is 2.24. The van der Waals surface area contributed by atoms with E-state index in [0.29, 0.717) is 5.92 Å². The van der Waals surface area contributed by atoms with E-state index in [1.54, 1.807) is 0 Å². The molecule has 1 saturated carbocycles. The highest BCUT2D eigenvalue weighted by atomic mass is 15.2. The fourth-order valence-electron chi connectivity index (χ4n) is 1.90. The summed E-state index contributed by atoms with van der Waals surface area (Å²) >= 11 is 0. The summed E-state index contributed by atoms with van der Waals surface area (Å²) < 4.78 is 0. The lowest BCUT2D eigenvalue weighted by molar-refractivity contribution is 0.408. The molecule has 1 fully saturated rings. The average molecular weight is 220 g/mol. The van der Waals surface area contributed by atoms with E-state index in [-0.39, 0.29) is 0 Å². The third-order valence-corrected chi connectivity index (χ3v) is 3.28. The zero-order valence-corrected chi connectivity index (χ0v) is 9.89. The maximum absolute atomic E-state index is 5.48. The molecule has 1 heterocycles. The van der Waals surface area contributed by atoms with E-state index in [1.165, 1.54) is 19.3 Å². The Balaban J connectivity index is 1.95. The van der Waals surface area contributed by atoms with Crippen molar-refractivity contribution >= 4 is 5.82 Å². The molecule has 1 aliphatic rings. The van der Waals surface area contributed by atoms with Gasteiger partial charge < -0.3 is 10.6 Å². The largest absolute Gasteiger partial charge is 0.358 e. The number of hydrogen-bond acceptors (Lipinski definition) is 4. The molecule has 2 rings (SSSR count). The summed E-state index contributed by atoms with van der Waals surface area (Å²) in [6, 6.07) is 4.18. The Morgan fingerprint density at radius 2 is 2.19 bits per heavy atom. The van der Waals surface area contributed by atoms with Crippen LogP contribution >= 0.6 is 0 Å². The van der Waals surface area contributed by atoms with Crippen LogP contribution < -0.4 is 10.6 Å². The Morgan fingerprint density at radius 3 is 2.69 bits per heavy atom. The minimum absolute atomic E-state index is 0.663. The van der Waals surface area contributed by atoms with Crippen LogP contribution in [-0.2, 0) is 0 Å². The molecule has 0 spiro atoms. The lowest BCUT2D eigenvalue weighted by Crippen LogP contribution is -2.22. The van der Waals surface area contributed by atoms with Crippen molar-refractivity contribution in [1.82, 2.24) is 10.2 Å². The van der Waals surface area contributed by atoms with Crippen LogP contribution in [0, 0.1) is 0 Å². The number of hydrogen-bond donors (Lipinski definition) is 1. The zero-order valence-electron chi connectivity index (χ0n) is 9.89. The van der Waals surface area contributed by atoms with Crippen LogP contribution in [0.3, 0.4) is 0 Å². The minimum Gasteiger partial charge on any atom is -0.358 e. The molecular formula is C12H20N4. The van der Waals surface area contributed by atoms with E-state index in [4.69, 9.17) is 5.73 Å². The number of anilines is 1. The number of rotatable bonds is 5. The molecule has 88 valence electrons. The Labute approximate surface area is 96.9 Å². The van der Waals surface area contributed by atoms with Crippen molar-refractivity contribution in [1.29, 1.82) is 0 Å². The normalized spacial score (nSPS) is 15.9. The summed E-state index contributed by atoms with van der Waals surface area (Å²) in [4.78, 5) is 2.10. The van der Waals surface area contributed by atoms with Crippen molar-refractivity contribution in [2.75, 3.05) is 25.0 Å². The summed E-state index contributed by atoms with van der Waals surface area (Å²) in [6.07, 6.45) is 4.88. The van der Waals surface area contributed by atoms with E-state index in [2.05, 4.69) is 27.2 Å². The molecule has 4 nitrogen and oxygen atoms in total. The molecule has 1 aliphatic carbocycles. The lowest BCUT2D eigenvalue weighted by atomic mass is 9.83. The first-order valence-corrected chi connectivity index (χ1v) is 6.06. The van der Waals surface area contributed by atoms with Crippen molar-refractivity contribution in [2.24, 2.45) is 5.73 Å². The molecule has 1 aromatic heterocycles. The third-order valence-electron chi connectivity index (χ3n) is 3.28. The molecule has 2 N–H and O–H groups in total. The van der Waals surface area contributed by atoms with Gasteiger partial charge in [0.05, 0.1) is 5.69 Å². The molecule has 16 heavy (non-hydrogen) atoms. The number of aromatic nitrogens is 2. The molecule has 0 amide bonds. The second kappa shape index (κ2) is 5.25. The van der Waals surface area contributed by atoms with Gasteiger partial charge in [-0.05, 0) is 37.9 Å². The monoisotopic (exact) mass is 220 g/mol. The molecule has 0 bridgehead atoms. The summed E-state index contributed by atoms with van der Waals surface area (Å²) in [6.45, 7) is 1.66. The SMILES string of the molecule is CN(CCCN)c1ccc(C2CCC2)nn1. The second-order valence-corrected chi connectivity index (χ2v) is 4.51. The highest BCUT2D eigenvalue weighted by Crippen LogP contribution is 2.34. The summed E-state index contributed by atoms with van der Waals surface area (Å²) in [5.74, 6) is 1.60. The number of nitrogens with zero attached hydrogens (tertiary/aromatic N) is 3. The minimum atomic E-state index is 0.663. The molecular weight excluding hydrogens is 200 g/mol. The molecule has 0 atom stereocenters.